The van der Waals surface area contributed by atoms with Gasteiger partial charge in [-0.25, -0.2) is 4.98 Å². The standard InChI is InChI=1S/C24H28N4O2/c1-14(2)20(22-25-18-11-7-8-12-19(18)26-22)27-23(29)21(15(3)4)28-13-16-9-5-6-10-17(16)24(28)30/h5-12,14-15,20-21H,13H2,1-4H3,(H,25,26)(H,27,29). The molecule has 2 heterocycles. The lowest BCUT2D eigenvalue weighted by Crippen LogP contribution is -2.51. The second-order valence-corrected chi connectivity index (χ2v) is 8.65. The van der Waals surface area contributed by atoms with Crippen molar-refractivity contribution >= 4 is 22.8 Å². The molecule has 2 unspecified atom stereocenters. The zero-order chi connectivity index (χ0) is 21.4. The number of para-hydroxylation sites is 2. The number of carbonyl (C=O) groups is 2. The molecule has 0 fully saturated rings. The summed E-state index contributed by atoms with van der Waals surface area (Å²) >= 11 is 0. The van der Waals surface area contributed by atoms with Crippen molar-refractivity contribution in [1.82, 2.24) is 20.2 Å². The monoisotopic (exact) mass is 404 g/mol. The van der Waals surface area contributed by atoms with Gasteiger partial charge >= 0.3 is 0 Å². The highest BCUT2D eigenvalue weighted by atomic mass is 16.2. The second kappa shape index (κ2) is 7.94. The summed E-state index contributed by atoms with van der Waals surface area (Å²) in [5.41, 5.74) is 3.48. The van der Waals surface area contributed by atoms with E-state index in [1.165, 1.54) is 0 Å². The molecule has 0 bridgehead atoms. The van der Waals surface area contributed by atoms with Crippen LogP contribution >= 0.6 is 0 Å². The smallest absolute Gasteiger partial charge is 0.255 e. The third kappa shape index (κ3) is 3.58. The van der Waals surface area contributed by atoms with Gasteiger partial charge in [-0.15, -0.1) is 0 Å². The predicted octanol–water partition coefficient (Wildman–Crippen LogP) is 4.06. The highest BCUT2D eigenvalue weighted by Crippen LogP contribution is 2.28. The number of fused-ring (bicyclic) bond motifs is 2. The van der Waals surface area contributed by atoms with Gasteiger partial charge in [-0.2, -0.15) is 0 Å². The van der Waals surface area contributed by atoms with E-state index in [1.807, 2.05) is 62.4 Å². The van der Waals surface area contributed by atoms with E-state index < -0.39 is 6.04 Å². The van der Waals surface area contributed by atoms with Crippen LogP contribution in [0.3, 0.4) is 0 Å². The fourth-order valence-electron chi connectivity index (χ4n) is 4.21. The Morgan fingerprint density at radius 2 is 1.73 bits per heavy atom. The van der Waals surface area contributed by atoms with Gasteiger partial charge in [0.05, 0.1) is 17.1 Å². The van der Waals surface area contributed by atoms with Crippen molar-refractivity contribution in [3.8, 4) is 0 Å². The van der Waals surface area contributed by atoms with Crippen molar-refractivity contribution in [3.05, 3.63) is 65.5 Å². The molecule has 2 atom stereocenters. The number of hydrogen-bond donors (Lipinski definition) is 2. The molecule has 0 aliphatic carbocycles. The largest absolute Gasteiger partial charge is 0.344 e. The van der Waals surface area contributed by atoms with Gasteiger partial charge in [0.25, 0.3) is 5.91 Å². The fourth-order valence-corrected chi connectivity index (χ4v) is 4.21. The van der Waals surface area contributed by atoms with Gasteiger partial charge in [0.1, 0.15) is 11.9 Å². The van der Waals surface area contributed by atoms with Gasteiger partial charge in [-0.1, -0.05) is 58.0 Å². The predicted molar refractivity (Wildman–Crippen MR) is 117 cm³/mol. The molecule has 1 aromatic heterocycles. The summed E-state index contributed by atoms with van der Waals surface area (Å²) in [6.45, 7) is 8.53. The first-order valence-corrected chi connectivity index (χ1v) is 10.5. The van der Waals surface area contributed by atoms with E-state index >= 15 is 0 Å². The molecule has 1 aliphatic rings. The average Bonchev–Trinajstić information content (AvgIpc) is 3.27. The van der Waals surface area contributed by atoms with Crippen LogP contribution in [0.15, 0.2) is 48.5 Å². The Morgan fingerprint density at radius 1 is 1.03 bits per heavy atom. The number of nitrogens with one attached hydrogen (secondary N) is 2. The molecule has 0 radical (unpaired) electrons. The van der Waals surface area contributed by atoms with Crippen molar-refractivity contribution < 1.29 is 9.59 Å². The van der Waals surface area contributed by atoms with Gasteiger partial charge in [0, 0.05) is 12.1 Å². The van der Waals surface area contributed by atoms with Gasteiger partial charge in [-0.05, 0) is 35.6 Å². The first-order chi connectivity index (χ1) is 14.4. The van der Waals surface area contributed by atoms with E-state index in [0.29, 0.717) is 12.1 Å². The number of hydrogen-bond acceptors (Lipinski definition) is 3. The molecule has 6 heteroatoms. The molecule has 0 saturated heterocycles. The van der Waals surface area contributed by atoms with Gasteiger partial charge in [0.2, 0.25) is 5.91 Å². The first-order valence-electron chi connectivity index (χ1n) is 10.5. The Labute approximate surface area is 176 Å². The lowest BCUT2D eigenvalue weighted by Gasteiger charge is -2.32. The third-order valence-electron chi connectivity index (χ3n) is 5.75. The molecule has 2 aromatic carbocycles. The second-order valence-electron chi connectivity index (χ2n) is 8.65. The minimum absolute atomic E-state index is 0.0215. The molecule has 1 aliphatic heterocycles. The summed E-state index contributed by atoms with van der Waals surface area (Å²) < 4.78 is 0. The van der Waals surface area contributed by atoms with Gasteiger partial charge in [0.15, 0.2) is 0 Å². The number of aromatic amines is 1. The topological polar surface area (TPSA) is 78.1 Å². The maximum absolute atomic E-state index is 13.4. The number of benzene rings is 2. The van der Waals surface area contributed by atoms with Crippen LogP contribution in [0, 0.1) is 11.8 Å². The van der Waals surface area contributed by atoms with Gasteiger partial charge < -0.3 is 15.2 Å². The van der Waals surface area contributed by atoms with E-state index in [4.69, 9.17) is 0 Å². The summed E-state index contributed by atoms with van der Waals surface area (Å²) in [5.74, 6) is 0.619. The average molecular weight is 405 g/mol. The minimum Gasteiger partial charge on any atom is -0.344 e. The molecule has 3 aromatic rings. The maximum atomic E-state index is 13.4. The quantitative estimate of drug-likeness (QED) is 0.650. The lowest BCUT2D eigenvalue weighted by atomic mass is 9.98. The molecule has 0 spiro atoms. The number of nitrogens with zero attached hydrogens (tertiary/aromatic N) is 2. The Hall–Kier alpha value is -3.15. The summed E-state index contributed by atoms with van der Waals surface area (Å²) in [6.07, 6.45) is 0. The summed E-state index contributed by atoms with van der Waals surface area (Å²) in [4.78, 5) is 36.1. The summed E-state index contributed by atoms with van der Waals surface area (Å²) in [7, 11) is 0. The number of carbonyl (C=O) groups excluding carboxylic acids is 2. The van der Waals surface area contributed by atoms with Crippen LogP contribution in [0.25, 0.3) is 11.0 Å². The van der Waals surface area contributed by atoms with Crippen LogP contribution < -0.4 is 5.32 Å². The van der Waals surface area contributed by atoms with E-state index in [2.05, 4.69) is 29.1 Å². The van der Waals surface area contributed by atoms with E-state index in [-0.39, 0.29) is 29.7 Å². The van der Waals surface area contributed by atoms with E-state index in [0.717, 1.165) is 22.4 Å². The number of aromatic nitrogens is 2. The molecular weight excluding hydrogens is 376 g/mol. The number of amides is 2. The fraction of sp³-hybridized carbons (Fsp3) is 0.375. The normalized spacial score (nSPS) is 15.7. The number of imidazole rings is 1. The molecule has 4 rings (SSSR count). The van der Waals surface area contributed by atoms with Crippen LogP contribution in [0.2, 0.25) is 0 Å². The number of rotatable bonds is 6. The highest BCUT2D eigenvalue weighted by Gasteiger charge is 2.39. The Morgan fingerprint density at radius 3 is 2.40 bits per heavy atom. The first kappa shape index (κ1) is 20.1. The molecule has 2 amide bonds. The molecule has 156 valence electrons. The zero-order valence-electron chi connectivity index (χ0n) is 17.8. The highest BCUT2D eigenvalue weighted by molar-refractivity contribution is 6.01. The van der Waals surface area contributed by atoms with Crippen molar-refractivity contribution in [2.75, 3.05) is 0 Å². The summed E-state index contributed by atoms with van der Waals surface area (Å²) in [5, 5.41) is 3.17. The molecule has 2 N–H and O–H groups in total. The van der Waals surface area contributed by atoms with E-state index in [9.17, 15) is 9.59 Å². The van der Waals surface area contributed by atoms with Crippen molar-refractivity contribution in [3.63, 3.8) is 0 Å². The van der Waals surface area contributed by atoms with Crippen LogP contribution in [-0.2, 0) is 11.3 Å². The van der Waals surface area contributed by atoms with Crippen molar-refractivity contribution in [2.24, 2.45) is 11.8 Å². The van der Waals surface area contributed by atoms with Crippen LogP contribution in [0.1, 0.15) is 55.5 Å². The Balaban J connectivity index is 1.60. The molecule has 30 heavy (non-hydrogen) atoms. The Bertz CT molecular complexity index is 1050. The third-order valence-corrected chi connectivity index (χ3v) is 5.75. The SMILES string of the molecule is CC(C)C(NC(=O)C(C(C)C)N1Cc2ccccc2C1=O)c1nc2ccccc2[nH]1. The molecule has 6 nitrogen and oxygen atoms in total. The maximum Gasteiger partial charge on any atom is 0.255 e. The minimum atomic E-state index is -0.546. The van der Waals surface area contributed by atoms with Crippen LogP contribution in [-0.4, -0.2) is 32.7 Å². The van der Waals surface area contributed by atoms with Crippen molar-refractivity contribution in [1.29, 1.82) is 0 Å². The van der Waals surface area contributed by atoms with E-state index in [1.54, 1.807) is 4.90 Å². The van der Waals surface area contributed by atoms with Crippen LogP contribution in [0.4, 0.5) is 0 Å². The van der Waals surface area contributed by atoms with Crippen molar-refractivity contribution in [2.45, 2.75) is 46.3 Å². The van der Waals surface area contributed by atoms with Gasteiger partial charge in [-0.3, -0.25) is 9.59 Å². The zero-order valence-corrected chi connectivity index (χ0v) is 17.8. The number of H-pyrrole nitrogens is 1. The molecular formula is C24H28N4O2. The van der Waals surface area contributed by atoms with Crippen LogP contribution in [0.5, 0.6) is 0 Å². The Kier molecular flexibility index (Phi) is 5.33. The summed E-state index contributed by atoms with van der Waals surface area (Å²) in [6, 6.07) is 14.6. The lowest BCUT2D eigenvalue weighted by molar-refractivity contribution is -0.128. The molecule has 0 saturated carbocycles.